The van der Waals surface area contributed by atoms with Crippen LogP contribution in [-0.2, 0) is 11.2 Å². The molecule has 1 aromatic heterocycles. The minimum atomic E-state index is -0.780. The fraction of sp³-hybridized carbons (Fsp3) is 0.261. The molecule has 29 heavy (non-hydrogen) atoms. The van der Waals surface area contributed by atoms with Gasteiger partial charge in [-0.25, -0.2) is 0 Å². The molecule has 1 amide bonds. The summed E-state index contributed by atoms with van der Waals surface area (Å²) in [4.78, 5) is 24.8. The first-order valence-electron chi connectivity index (χ1n) is 9.62. The number of rotatable bonds is 6. The number of hydrogen-bond donors (Lipinski definition) is 1. The molecule has 0 fully saturated rings. The highest BCUT2D eigenvalue weighted by Crippen LogP contribution is 2.17. The number of amides is 1. The molecule has 6 heteroatoms. The zero-order chi connectivity index (χ0) is 21.0. The molecular weight excluding hydrogens is 366 g/mol. The first-order valence-corrected chi connectivity index (χ1v) is 9.62. The van der Waals surface area contributed by atoms with Crippen LogP contribution in [0.3, 0.4) is 0 Å². The van der Waals surface area contributed by atoms with E-state index in [1.807, 2.05) is 63.2 Å². The first kappa shape index (κ1) is 20.3. The third kappa shape index (κ3) is 4.71. The molecule has 1 atom stereocenters. The number of carbonyl (C=O) groups excluding carboxylic acids is 1. The molecule has 0 aliphatic carbocycles. The zero-order valence-electron chi connectivity index (χ0n) is 17.1. The van der Waals surface area contributed by atoms with Crippen molar-refractivity contribution in [1.29, 1.82) is 0 Å². The molecule has 3 aromatic rings. The van der Waals surface area contributed by atoms with Crippen molar-refractivity contribution in [3.8, 4) is 11.6 Å². The summed E-state index contributed by atoms with van der Waals surface area (Å²) in [5, 5.41) is 7.17. The molecule has 0 saturated heterocycles. The van der Waals surface area contributed by atoms with Crippen LogP contribution in [-0.4, -0.2) is 21.8 Å². The number of para-hydroxylation sites is 1. The minimum Gasteiger partial charge on any atom is -0.463 e. The second-order valence-corrected chi connectivity index (χ2v) is 6.95. The Kier molecular flexibility index (Phi) is 6.12. The third-order valence-corrected chi connectivity index (χ3v) is 4.83. The van der Waals surface area contributed by atoms with Gasteiger partial charge in [0.05, 0.1) is 5.69 Å². The van der Waals surface area contributed by atoms with E-state index in [1.165, 1.54) is 16.8 Å². The van der Waals surface area contributed by atoms with E-state index >= 15 is 0 Å². The Hall–Kier alpha value is -3.41. The van der Waals surface area contributed by atoms with Gasteiger partial charge in [0.1, 0.15) is 0 Å². The second-order valence-electron chi connectivity index (χ2n) is 6.95. The van der Waals surface area contributed by atoms with Gasteiger partial charge in [0.25, 0.3) is 11.5 Å². The van der Waals surface area contributed by atoms with Gasteiger partial charge in [-0.05, 0) is 62.1 Å². The largest absolute Gasteiger partial charge is 0.463 e. The van der Waals surface area contributed by atoms with Gasteiger partial charge in [0.15, 0.2) is 6.10 Å². The van der Waals surface area contributed by atoms with E-state index in [0.717, 1.165) is 28.8 Å². The van der Waals surface area contributed by atoms with Gasteiger partial charge >= 0.3 is 0 Å². The summed E-state index contributed by atoms with van der Waals surface area (Å²) in [7, 11) is 0. The molecule has 6 nitrogen and oxygen atoms in total. The fourth-order valence-electron chi connectivity index (χ4n) is 2.92. The zero-order valence-corrected chi connectivity index (χ0v) is 17.1. The van der Waals surface area contributed by atoms with E-state index in [0.29, 0.717) is 5.69 Å². The van der Waals surface area contributed by atoms with Crippen molar-refractivity contribution in [3.05, 3.63) is 81.6 Å². The van der Waals surface area contributed by atoms with Gasteiger partial charge in [-0.2, -0.15) is 4.68 Å². The maximum atomic E-state index is 12.6. The Morgan fingerprint density at radius 1 is 1.10 bits per heavy atom. The standard InChI is InChI=1S/C23H25N3O3/c1-5-18-8-6-7-9-20(18)24-23(28)17(4)29-21-12-13-22(27)26(25-21)19-11-10-15(2)16(3)14-19/h6-14,17H,5H2,1-4H3,(H,24,28)/t17-/m0/s1. The maximum absolute atomic E-state index is 12.6. The summed E-state index contributed by atoms with van der Waals surface area (Å²) in [5.74, 6) is -0.0779. The number of nitrogens with one attached hydrogen (secondary N) is 1. The molecule has 1 N–H and O–H groups in total. The predicted molar refractivity (Wildman–Crippen MR) is 114 cm³/mol. The number of nitrogens with zero attached hydrogens (tertiary/aromatic N) is 2. The van der Waals surface area contributed by atoms with Crippen LogP contribution in [0.4, 0.5) is 5.69 Å². The lowest BCUT2D eigenvalue weighted by Crippen LogP contribution is -2.31. The van der Waals surface area contributed by atoms with Crippen molar-refractivity contribution in [3.63, 3.8) is 0 Å². The number of aryl methyl sites for hydroxylation is 3. The summed E-state index contributed by atoms with van der Waals surface area (Å²) in [5.41, 5.74) is 4.39. The Morgan fingerprint density at radius 3 is 2.59 bits per heavy atom. The summed E-state index contributed by atoms with van der Waals surface area (Å²) in [6, 6.07) is 16.2. The lowest BCUT2D eigenvalue weighted by Gasteiger charge is -2.16. The van der Waals surface area contributed by atoms with Gasteiger partial charge in [0, 0.05) is 17.8 Å². The second kappa shape index (κ2) is 8.73. The van der Waals surface area contributed by atoms with E-state index in [1.54, 1.807) is 6.92 Å². The fourth-order valence-corrected chi connectivity index (χ4v) is 2.92. The van der Waals surface area contributed by atoms with E-state index in [2.05, 4.69) is 10.4 Å². The summed E-state index contributed by atoms with van der Waals surface area (Å²) in [6.07, 6.45) is 0.0341. The average Bonchev–Trinajstić information content (AvgIpc) is 2.72. The van der Waals surface area contributed by atoms with Gasteiger partial charge in [0.2, 0.25) is 5.88 Å². The highest BCUT2D eigenvalue weighted by atomic mass is 16.5. The van der Waals surface area contributed by atoms with Crippen LogP contribution in [0.15, 0.2) is 59.4 Å². The van der Waals surface area contributed by atoms with Crippen molar-refractivity contribution in [2.75, 3.05) is 5.32 Å². The number of anilines is 1. The lowest BCUT2D eigenvalue weighted by molar-refractivity contribution is -0.122. The molecule has 0 aliphatic rings. The molecule has 1 heterocycles. The van der Waals surface area contributed by atoms with Gasteiger partial charge in [-0.3, -0.25) is 9.59 Å². The monoisotopic (exact) mass is 391 g/mol. The normalized spacial score (nSPS) is 11.7. The van der Waals surface area contributed by atoms with E-state index in [9.17, 15) is 9.59 Å². The number of hydrogen-bond acceptors (Lipinski definition) is 4. The van der Waals surface area contributed by atoms with E-state index in [-0.39, 0.29) is 17.3 Å². The molecule has 0 aliphatic heterocycles. The smallest absolute Gasteiger partial charge is 0.271 e. The van der Waals surface area contributed by atoms with Crippen molar-refractivity contribution in [1.82, 2.24) is 9.78 Å². The average molecular weight is 391 g/mol. The predicted octanol–water partition coefficient (Wildman–Crippen LogP) is 3.82. The van der Waals surface area contributed by atoms with Crippen molar-refractivity contribution in [2.24, 2.45) is 0 Å². The number of ether oxygens (including phenoxy) is 1. The highest BCUT2D eigenvalue weighted by Gasteiger charge is 2.17. The van der Waals surface area contributed by atoms with Crippen LogP contribution in [0.25, 0.3) is 5.69 Å². The molecule has 0 radical (unpaired) electrons. The number of aromatic nitrogens is 2. The third-order valence-electron chi connectivity index (χ3n) is 4.83. The number of carbonyl (C=O) groups is 1. The van der Waals surface area contributed by atoms with Crippen molar-refractivity contribution < 1.29 is 9.53 Å². The SMILES string of the molecule is CCc1ccccc1NC(=O)[C@H](C)Oc1ccc(=O)n(-c2ccc(C)c(C)c2)n1. The molecular formula is C23H25N3O3. The van der Waals surface area contributed by atoms with Crippen LogP contribution < -0.4 is 15.6 Å². The Balaban J connectivity index is 1.78. The van der Waals surface area contributed by atoms with Crippen LogP contribution in [0, 0.1) is 13.8 Å². The summed E-state index contributed by atoms with van der Waals surface area (Å²) < 4.78 is 6.99. The Morgan fingerprint density at radius 2 is 1.86 bits per heavy atom. The number of benzene rings is 2. The van der Waals surface area contributed by atoms with Gasteiger partial charge in [-0.15, -0.1) is 5.10 Å². The quantitative estimate of drug-likeness (QED) is 0.693. The Labute approximate surface area is 170 Å². The summed E-state index contributed by atoms with van der Waals surface area (Å²) >= 11 is 0. The van der Waals surface area contributed by atoms with Crippen molar-refractivity contribution >= 4 is 11.6 Å². The van der Waals surface area contributed by atoms with Crippen LogP contribution in [0.1, 0.15) is 30.5 Å². The van der Waals surface area contributed by atoms with E-state index < -0.39 is 6.10 Å². The van der Waals surface area contributed by atoms with E-state index in [4.69, 9.17) is 4.74 Å². The first-order chi connectivity index (χ1) is 13.9. The molecule has 3 rings (SSSR count). The van der Waals surface area contributed by atoms with Crippen LogP contribution in [0.5, 0.6) is 5.88 Å². The van der Waals surface area contributed by atoms with Gasteiger partial charge < -0.3 is 10.1 Å². The van der Waals surface area contributed by atoms with Crippen LogP contribution >= 0.6 is 0 Å². The maximum Gasteiger partial charge on any atom is 0.271 e. The molecule has 150 valence electrons. The highest BCUT2D eigenvalue weighted by molar-refractivity contribution is 5.94. The molecule has 2 aromatic carbocycles. The minimum absolute atomic E-state index is 0.203. The topological polar surface area (TPSA) is 73.2 Å². The molecule has 0 bridgehead atoms. The molecule has 0 spiro atoms. The molecule has 0 unspecified atom stereocenters. The molecule has 0 saturated carbocycles. The summed E-state index contributed by atoms with van der Waals surface area (Å²) in [6.45, 7) is 7.67. The van der Waals surface area contributed by atoms with Crippen molar-refractivity contribution in [2.45, 2.75) is 40.2 Å². The lowest BCUT2D eigenvalue weighted by atomic mass is 10.1. The van der Waals surface area contributed by atoms with Gasteiger partial charge in [-0.1, -0.05) is 31.2 Å². The van der Waals surface area contributed by atoms with Crippen LogP contribution in [0.2, 0.25) is 0 Å². The Bertz CT molecular complexity index is 1090.